The van der Waals surface area contributed by atoms with Gasteiger partial charge in [-0.3, -0.25) is 4.79 Å². The Morgan fingerprint density at radius 2 is 0.678 bits per heavy atom. The molecule has 1 heterocycles. The van der Waals surface area contributed by atoms with E-state index in [0.717, 1.165) is 51.4 Å². The summed E-state index contributed by atoms with van der Waals surface area (Å²) in [6.07, 6.45) is 85.3. The van der Waals surface area contributed by atoms with Crippen molar-refractivity contribution in [2.45, 2.75) is 429 Å². The van der Waals surface area contributed by atoms with E-state index in [-0.39, 0.29) is 12.5 Å². The van der Waals surface area contributed by atoms with Crippen molar-refractivity contribution in [1.82, 2.24) is 5.32 Å². The van der Waals surface area contributed by atoms with Gasteiger partial charge in [0, 0.05) is 6.42 Å². The van der Waals surface area contributed by atoms with Crippen molar-refractivity contribution >= 4 is 5.91 Å². The third kappa shape index (κ3) is 55.5. The second kappa shape index (κ2) is 67.1. The number of unbranched alkanes of at least 4 members (excludes halogenated alkanes) is 52. The highest BCUT2D eigenvalue weighted by molar-refractivity contribution is 5.76. The van der Waals surface area contributed by atoms with E-state index in [1.807, 2.05) is 6.08 Å². The van der Waals surface area contributed by atoms with Crippen LogP contribution in [0.2, 0.25) is 0 Å². The molecule has 6 N–H and O–H groups in total. The first kappa shape index (κ1) is 83.2. The molecule has 7 unspecified atom stereocenters. The van der Waals surface area contributed by atoms with Gasteiger partial charge in [-0.2, -0.15) is 0 Å². The number of carbonyl (C=O) groups is 1. The maximum Gasteiger partial charge on any atom is 0.220 e. The fourth-order valence-corrected chi connectivity index (χ4v) is 12.4. The lowest BCUT2D eigenvalue weighted by Gasteiger charge is -2.40. The number of allylic oxidation sites excluding steroid dienone is 7. The van der Waals surface area contributed by atoms with Crippen LogP contribution in [0.3, 0.4) is 0 Å². The smallest absolute Gasteiger partial charge is 0.220 e. The number of nitrogens with one attached hydrogen (secondary N) is 1. The predicted octanol–water partition coefficient (Wildman–Crippen LogP) is 21.5. The minimum atomic E-state index is -1.57. The lowest BCUT2D eigenvalue weighted by molar-refractivity contribution is -0.302. The van der Waals surface area contributed by atoms with Crippen molar-refractivity contribution in [3.8, 4) is 0 Å². The highest BCUT2D eigenvalue weighted by Crippen LogP contribution is 2.24. The molecule has 0 aromatic rings. The standard InChI is InChI=1S/C78H147NO8/c1-3-5-7-9-11-13-15-17-19-21-23-25-27-29-31-33-34-35-36-37-38-40-42-44-46-48-50-52-54-56-58-60-62-64-66-68-74(82)79-71(70-86-78-77(85)76(84)75(83)73(69-80)87-78)72(81)67-65-63-61-59-57-55-53-51-49-47-45-43-41-39-32-30-28-26-24-22-20-18-16-14-12-10-8-6-4-2/h15,17,21,23,27,29,65,67,71-73,75-78,80-81,83-85H,3-14,16,18-20,22,24-26,28,30-64,66,68-70H2,1-2H3,(H,79,82)/b17-15-,23-21-,29-27-,67-65+. The summed E-state index contributed by atoms with van der Waals surface area (Å²) in [5, 5.41) is 54.9. The van der Waals surface area contributed by atoms with Crippen LogP contribution in [0.5, 0.6) is 0 Å². The summed E-state index contributed by atoms with van der Waals surface area (Å²) in [6.45, 7) is 3.82. The average Bonchev–Trinajstić information content (AvgIpc) is 3.47. The topological polar surface area (TPSA) is 149 Å². The molecule has 0 bridgehead atoms. The quantitative estimate of drug-likeness (QED) is 0.0261. The molecule has 512 valence electrons. The minimum absolute atomic E-state index is 0.169. The SMILES string of the molecule is CCCCCCC/C=C\C/C=C\C/C=C\CCCCCCCCCCCCCCCCCCCCCCC(=O)NC(COC1OC(CO)C(O)C(O)C1O)C(O)/C=C/CCCCCCCCCCCCCCCCCCCCCCCCCCCCC. The zero-order valence-corrected chi connectivity index (χ0v) is 57.5. The molecule has 1 fully saturated rings. The first-order valence-electron chi connectivity index (χ1n) is 38.4. The molecule has 0 radical (unpaired) electrons. The summed E-state index contributed by atoms with van der Waals surface area (Å²) in [5.74, 6) is -0.169. The Kier molecular flexibility index (Phi) is 64.1. The second-order valence-electron chi connectivity index (χ2n) is 26.8. The van der Waals surface area contributed by atoms with Crippen LogP contribution in [0.15, 0.2) is 48.6 Å². The summed E-state index contributed by atoms with van der Waals surface area (Å²) in [4.78, 5) is 13.2. The van der Waals surface area contributed by atoms with E-state index in [1.54, 1.807) is 6.08 Å². The van der Waals surface area contributed by atoms with E-state index in [2.05, 4.69) is 55.6 Å². The molecule has 0 saturated carbocycles. The van der Waals surface area contributed by atoms with E-state index in [1.165, 1.54) is 315 Å². The van der Waals surface area contributed by atoms with Crippen LogP contribution in [0, 0.1) is 0 Å². The molecule has 9 heteroatoms. The predicted molar refractivity (Wildman–Crippen MR) is 373 cm³/mol. The normalized spacial score (nSPS) is 18.2. The summed E-state index contributed by atoms with van der Waals surface area (Å²) in [5.41, 5.74) is 0. The van der Waals surface area contributed by atoms with Gasteiger partial charge in [0.25, 0.3) is 0 Å². The largest absolute Gasteiger partial charge is 0.394 e. The lowest BCUT2D eigenvalue weighted by Crippen LogP contribution is -2.60. The molecule has 7 atom stereocenters. The molecule has 0 aromatic carbocycles. The van der Waals surface area contributed by atoms with E-state index in [0.29, 0.717) is 6.42 Å². The third-order valence-corrected chi connectivity index (χ3v) is 18.4. The Labute approximate surface area is 539 Å². The van der Waals surface area contributed by atoms with Gasteiger partial charge < -0.3 is 40.3 Å². The number of carbonyl (C=O) groups excluding carboxylic acids is 1. The molecule has 1 amide bonds. The van der Waals surface area contributed by atoms with Gasteiger partial charge in [-0.25, -0.2) is 0 Å². The fraction of sp³-hybridized carbons (Fsp3) is 0.885. The summed E-state index contributed by atoms with van der Waals surface area (Å²) in [6, 6.07) is -0.806. The maximum absolute atomic E-state index is 13.2. The summed E-state index contributed by atoms with van der Waals surface area (Å²) in [7, 11) is 0. The minimum Gasteiger partial charge on any atom is -0.394 e. The highest BCUT2D eigenvalue weighted by Gasteiger charge is 2.44. The molecule has 0 spiro atoms. The molecule has 0 aromatic heterocycles. The van der Waals surface area contributed by atoms with Crippen LogP contribution in [0.25, 0.3) is 0 Å². The molecular weight excluding hydrogens is 1080 g/mol. The monoisotopic (exact) mass is 1230 g/mol. The van der Waals surface area contributed by atoms with Gasteiger partial charge in [0.2, 0.25) is 5.91 Å². The molecule has 1 aliphatic heterocycles. The van der Waals surface area contributed by atoms with Crippen LogP contribution >= 0.6 is 0 Å². The number of amides is 1. The van der Waals surface area contributed by atoms with Crippen LogP contribution in [0.4, 0.5) is 0 Å². The summed E-state index contributed by atoms with van der Waals surface area (Å²) < 4.78 is 11.3. The van der Waals surface area contributed by atoms with Gasteiger partial charge in [-0.05, 0) is 57.8 Å². The molecule has 1 saturated heterocycles. The molecule has 87 heavy (non-hydrogen) atoms. The van der Waals surface area contributed by atoms with E-state index in [9.17, 15) is 30.3 Å². The third-order valence-electron chi connectivity index (χ3n) is 18.4. The zero-order chi connectivity index (χ0) is 62.8. The molecular formula is C78H147NO8. The van der Waals surface area contributed by atoms with Crippen molar-refractivity contribution in [3.63, 3.8) is 0 Å². The van der Waals surface area contributed by atoms with Crippen molar-refractivity contribution in [2.24, 2.45) is 0 Å². The number of aliphatic hydroxyl groups excluding tert-OH is 5. The lowest BCUT2D eigenvalue weighted by atomic mass is 9.99. The van der Waals surface area contributed by atoms with Crippen molar-refractivity contribution in [2.75, 3.05) is 13.2 Å². The van der Waals surface area contributed by atoms with Gasteiger partial charge in [0.1, 0.15) is 24.4 Å². The van der Waals surface area contributed by atoms with Gasteiger partial charge in [-0.1, -0.05) is 371 Å². The first-order chi connectivity index (χ1) is 42.8. The van der Waals surface area contributed by atoms with Gasteiger partial charge >= 0.3 is 0 Å². The molecule has 9 nitrogen and oxygen atoms in total. The van der Waals surface area contributed by atoms with Crippen LogP contribution in [-0.4, -0.2) is 87.5 Å². The first-order valence-corrected chi connectivity index (χ1v) is 38.4. The molecule has 0 aliphatic carbocycles. The highest BCUT2D eigenvalue weighted by atomic mass is 16.7. The zero-order valence-electron chi connectivity index (χ0n) is 57.5. The Morgan fingerprint density at radius 3 is 1.00 bits per heavy atom. The van der Waals surface area contributed by atoms with Gasteiger partial charge in [0.05, 0.1) is 25.4 Å². The number of hydrogen-bond acceptors (Lipinski definition) is 8. The average molecular weight is 1230 g/mol. The Bertz CT molecular complexity index is 1520. The Morgan fingerprint density at radius 1 is 0.391 bits per heavy atom. The van der Waals surface area contributed by atoms with Crippen molar-refractivity contribution < 1.29 is 39.8 Å². The number of ether oxygens (including phenoxy) is 2. The van der Waals surface area contributed by atoms with Crippen molar-refractivity contribution in [1.29, 1.82) is 0 Å². The Balaban J connectivity index is 2.08. The van der Waals surface area contributed by atoms with Crippen LogP contribution in [0.1, 0.15) is 386 Å². The van der Waals surface area contributed by atoms with E-state index >= 15 is 0 Å². The molecule has 1 rings (SSSR count). The van der Waals surface area contributed by atoms with E-state index < -0.39 is 49.5 Å². The second-order valence-corrected chi connectivity index (χ2v) is 26.8. The Hall–Kier alpha value is -1.85. The van der Waals surface area contributed by atoms with Crippen LogP contribution < -0.4 is 5.32 Å². The van der Waals surface area contributed by atoms with Crippen molar-refractivity contribution in [3.05, 3.63) is 48.6 Å². The van der Waals surface area contributed by atoms with E-state index in [4.69, 9.17) is 9.47 Å². The summed E-state index contributed by atoms with van der Waals surface area (Å²) >= 11 is 0. The van der Waals surface area contributed by atoms with Gasteiger partial charge in [-0.15, -0.1) is 0 Å². The molecule has 1 aliphatic rings. The number of aliphatic hydroxyl groups is 5. The number of hydrogen-bond donors (Lipinski definition) is 6. The maximum atomic E-state index is 13.2. The van der Waals surface area contributed by atoms with Crippen LogP contribution in [-0.2, 0) is 14.3 Å². The number of rotatable bonds is 68. The fourth-order valence-electron chi connectivity index (χ4n) is 12.4. The van der Waals surface area contributed by atoms with Gasteiger partial charge in [0.15, 0.2) is 6.29 Å².